The van der Waals surface area contributed by atoms with E-state index in [2.05, 4.69) is 0 Å². The van der Waals surface area contributed by atoms with Crippen LogP contribution in [0.5, 0.6) is 0 Å². The molecule has 0 aromatic rings. The van der Waals surface area contributed by atoms with E-state index in [1.165, 1.54) is 19.3 Å². The van der Waals surface area contributed by atoms with Gasteiger partial charge in [-0.1, -0.05) is 32.1 Å². The molecule has 0 bridgehead atoms. The Labute approximate surface area is 78.7 Å². The molecule has 0 amide bonds. The zero-order valence-electron chi connectivity index (χ0n) is 8.23. The first-order valence-electron chi connectivity index (χ1n) is 5.13. The molecule has 1 aliphatic carbocycles. The van der Waals surface area contributed by atoms with Gasteiger partial charge in [-0.15, -0.1) is 0 Å². The molecule has 1 unspecified atom stereocenters. The fourth-order valence-corrected chi connectivity index (χ4v) is 1.99. The molecule has 78 valence electrons. The molecule has 1 fully saturated rings. The second-order valence-corrected chi connectivity index (χ2v) is 4.30. The molecular formula is C10H19F2N. The van der Waals surface area contributed by atoms with Crippen molar-refractivity contribution in [2.75, 3.05) is 0 Å². The van der Waals surface area contributed by atoms with Crippen molar-refractivity contribution in [1.82, 2.24) is 0 Å². The van der Waals surface area contributed by atoms with Gasteiger partial charge in [0.2, 0.25) is 0 Å². The second kappa shape index (κ2) is 4.36. The predicted molar refractivity (Wildman–Crippen MR) is 49.8 cm³/mol. The summed E-state index contributed by atoms with van der Waals surface area (Å²) in [4.78, 5) is 0. The van der Waals surface area contributed by atoms with Crippen molar-refractivity contribution in [2.24, 2.45) is 11.7 Å². The SMILES string of the molecule is CC(F)(F)C(N)CC1CCCCC1. The van der Waals surface area contributed by atoms with Crippen molar-refractivity contribution in [3.05, 3.63) is 0 Å². The van der Waals surface area contributed by atoms with E-state index in [9.17, 15) is 8.78 Å². The van der Waals surface area contributed by atoms with Gasteiger partial charge >= 0.3 is 0 Å². The molecule has 0 saturated heterocycles. The minimum absolute atomic E-state index is 0.439. The summed E-state index contributed by atoms with van der Waals surface area (Å²) in [6.07, 6.45) is 6.30. The molecule has 1 rings (SSSR count). The van der Waals surface area contributed by atoms with Crippen LogP contribution in [0.25, 0.3) is 0 Å². The largest absolute Gasteiger partial charge is 0.323 e. The summed E-state index contributed by atoms with van der Waals surface area (Å²) in [6.45, 7) is 0.917. The molecule has 0 spiro atoms. The van der Waals surface area contributed by atoms with E-state index in [-0.39, 0.29) is 0 Å². The van der Waals surface area contributed by atoms with Gasteiger partial charge in [-0.2, -0.15) is 0 Å². The standard InChI is InChI=1S/C10H19F2N/c1-10(11,12)9(13)7-8-5-3-2-4-6-8/h8-9H,2-7,13H2,1H3. The molecule has 1 saturated carbocycles. The van der Waals surface area contributed by atoms with Crippen LogP contribution >= 0.6 is 0 Å². The molecule has 3 heteroatoms. The van der Waals surface area contributed by atoms with Gasteiger partial charge in [0.05, 0.1) is 6.04 Å². The molecule has 0 heterocycles. The first kappa shape index (κ1) is 10.9. The van der Waals surface area contributed by atoms with Crippen molar-refractivity contribution in [1.29, 1.82) is 0 Å². The highest BCUT2D eigenvalue weighted by molar-refractivity contribution is 4.80. The summed E-state index contributed by atoms with van der Waals surface area (Å²) in [5, 5.41) is 0. The van der Waals surface area contributed by atoms with E-state index in [1.54, 1.807) is 0 Å². The van der Waals surface area contributed by atoms with Crippen LogP contribution in [0.2, 0.25) is 0 Å². The second-order valence-electron chi connectivity index (χ2n) is 4.30. The summed E-state index contributed by atoms with van der Waals surface area (Å²) in [7, 11) is 0. The third-order valence-corrected chi connectivity index (χ3v) is 2.96. The highest BCUT2D eigenvalue weighted by Crippen LogP contribution is 2.30. The molecule has 0 aliphatic heterocycles. The number of rotatable bonds is 3. The average molecular weight is 191 g/mol. The van der Waals surface area contributed by atoms with Crippen molar-refractivity contribution in [3.63, 3.8) is 0 Å². The van der Waals surface area contributed by atoms with Crippen molar-refractivity contribution >= 4 is 0 Å². The molecule has 0 aromatic heterocycles. The Morgan fingerprint density at radius 1 is 1.31 bits per heavy atom. The maximum Gasteiger partial charge on any atom is 0.260 e. The zero-order valence-corrected chi connectivity index (χ0v) is 8.23. The summed E-state index contributed by atoms with van der Waals surface area (Å²) in [6, 6.07) is -0.949. The van der Waals surface area contributed by atoms with Gasteiger partial charge in [-0.05, 0) is 12.3 Å². The van der Waals surface area contributed by atoms with Gasteiger partial charge in [0.25, 0.3) is 5.92 Å². The first-order chi connectivity index (χ1) is 6.00. The molecule has 0 radical (unpaired) electrons. The highest BCUT2D eigenvalue weighted by Gasteiger charge is 2.32. The van der Waals surface area contributed by atoms with Gasteiger partial charge < -0.3 is 5.73 Å². The van der Waals surface area contributed by atoms with E-state index in [0.29, 0.717) is 12.3 Å². The van der Waals surface area contributed by atoms with Crippen molar-refractivity contribution in [2.45, 2.75) is 57.4 Å². The van der Waals surface area contributed by atoms with Crippen LogP contribution in [0, 0.1) is 5.92 Å². The van der Waals surface area contributed by atoms with Crippen LogP contribution in [0.4, 0.5) is 8.78 Å². The Hall–Kier alpha value is -0.180. The topological polar surface area (TPSA) is 26.0 Å². The number of hydrogen-bond donors (Lipinski definition) is 1. The molecule has 1 nitrogen and oxygen atoms in total. The lowest BCUT2D eigenvalue weighted by atomic mass is 9.84. The summed E-state index contributed by atoms with van der Waals surface area (Å²) in [5.74, 6) is -2.27. The maximum atomic E-state index is 12.7. The minimum Gasteiger partial charge on any atom is -0.323 e. The molecule has 13 heavy (non-hydrogen) atoms. The lowest BCUT2D eigenvalue weighted by Gasteiger charge is -2.27. The first-order valence-corrected chi connectivity index (χ1v) is 5.13. The third-order valence-electron chi connectivity index (χ3n) is 2.96. The van der Waals surface area contributed by atoms with Gasteiger partial charge in [-0.25, -0.2) is 8.78 Å². The summed E-state index contributed by atoms with van der Waals surface area (Å²) in [5.41, 5.74) is 5.43. The van der Waals surface area contributed by atoms with Gasteiger partial charge in [0, 0.05) is 6.92 Å². The zero-order chi connectivity index (χ0) is 9.90. The summed E-state index contributed by atoms with van der Waals surface area (Å²) >= 11 is 0. The number of halogens is 2. The van der Waals surface area contributed by atoms with E-state index >= 15 is 0 Å². The Morgan fingerprint density at radius 3 is 2.31 bits per heavy atom. The normalized spacial score (nSPS) is 23.1. The van der Waals surface area contributed by atoms with Gasteiger partial charge in [-0.3, -0.25) is 0 Å². The smallest absolute Gasteiger partial charge is 0.260 e. The van der Waals surface area contributed by atoms with E-state index < -0.39 is 12.0 Å². The van der Waals surface area contributed by atoms with Crippen LogP contribution in [0.3, 0.4) is 0 Å². The van der Waals surface area contributed by atoms with Crippen LogP contribution < -0.4 is 5.73 Å². The predicted octanol–water partition coefficient (Wildman–Crippen LogP) is 2.94. The Bertz CT molecular complexity index is 147. The monoisotopic (exact) mass is 191 g/mol. The number of hydrogen-bond acceptors (Lipinski definition) is 1. The van der Waals surface area contributed by atoms with Crippen molar-refractivity contribution < 1.29 is 8.78 Å². The molecule has 2 N–H and O–H groups in total. The molecule has 1 atom stereocenters. The van der Waals surface area contributed by atoms with E-state index in [4.69, 9.17) is 5.73 Å². The minimum atomic E-state index is -2.71. The summed E-state index contributed by atoms with van der Waals surface area (Å²) < 4.78 is 25.5. The van der Waals surface area contributed by atoms with Crippen LogP contribution in [-0.4, -0.2) is 12.0 Å². The van der Waals surface area contributed by atoms with Crippen molar-refractivity contribution in [3.8, 4) is 0 Å². The van der Waals surface area contributed by atoms with E-state index in [0.717, 1.165) is 19.8 Å². The molecule has 0 aromatic carbocycles. The van der Waals surface area contributed by atoms with Crippen LogP contribution in [0.15, 0.2) is 0 Å². The van der Waals surface area contributed by atoms with Gasteiger partial charge in [0.15, 0.2) is 0 Å². The number of alkyl halides is 2. The van der Waals surface area contributed by atoms with Gasteiger partial charge in [0.1, 0.15) is 0 Å². The average Bonchev–Trinajstić information content (AvgIpc) is 2.04. The van der Waals surface area contributed by atoms with E-state index in [1.807, 2.05) is 0 Å². The quantitative estimate of drug-likeness (QED) is 0.729. The molecule has 1 aliphatic rings. The lowest BCUT2D eigenvalue weighted by Crippen LogP contribution is -2.40. The Balaban J connectivity index is 2.30. The number of nitrogens with two attached hydrogens (primary N) is 1. The Morgan fingerprint density at radius 2 is 1.85 bits per heavy atom. The lowest BCUT2D eigenvalue weighted by molar-refractivity contribution is -0.0142. The fourth-order valence-electron chi connectivity index (χ4n) is 1.99. The third kappa shape index (κ3) is 3.59. The fraction of sp³-hybridized carbons (Fsp3) is 1.00. The van der Waals surface area contributed by atoms with Crippen LogP contribution in [0.1, 0.15) is 45.4 Å². The highest BCUT2D eigenvalue weighted by atomic mass is 19.3. The maximum absolute atomic E-state index is 12.7. The Kier molecular flexibility index (Phi) is 3.65. The van der Waals surface area contributed by atoms with Crippen LogP contribution in [-0.2, 0) is 0 Å². The molecular weight excluding hydrogens is 172 g/mol.